The molecule has 1 unspecified atom stereocenters. The Kier molecular flexibility index (Phi) is 5.67. The van der Waals surface area contributed by atoms with Gasteiger partial charge in [0.05, 0.1) is 11.1 Å². The molecule has 7 nitrogen and oxygen atoms in total. The summed E-state index contributed by atoms with van der Waals surface area (Å²) < 4.78 is 2.09. The SMILES string of the molecule is Cc1cncnc1NC(=O)Cn1nc(C(C)C)c2cc(Br)cc(P)c2c1=O. The van der Waals surface area contributed by atoms with Crippen molar-refractivity contribution >= 4 is 53.0 Å². The van der Waals surface area contributed by atoms with Gasteiger partial charge < -0.3 is 5.32 Å². The van der Waals surface area contributed by atoms with Crippen molar-refractivity contribution in [2.24, 2.45) is 0 Å². The number of benzene rings is 1. The van der Waals surface area contributed by atoms with Crippen molar-refractivity contribution in [2.75, 3.05) is 5.32 Å². The van der Waals surface area contributed by atoms with Crippen molar-refractivity contribution in [1.82, 2.24) is 19.7 Å². The standard InChI is InChI=1S/C18H19BrN5O2P/c1-9(2)16-12-4-11(19)5-13(27)15(12)18(26)24(23-16)7-14(25)22-17-10(3)6-20-8-21-17/h4-6,8-9H,7,27H2,1-3H3,(H,20,21,22,25). The summed E-state index contributed by atoms with van der Waals surface area (Å²) >= 11 is 3.47. The topological polar surface area (TPSA) is 89.8 Å². The van der Waals surface area contributed by atoms with E-state index in [0.29, 0.717) is 11.2 Å². The summed E-state index contributed by atoms with van der Waals surface area (Å²) in [6.07, 6.45) is 2.97. The number of aromatic nitrogens is 4. The Hall–Kier alpha value is -2.18. The summed E-state index contributed by atoms with van der Waals surface area (Å²) in [5, 5.41) is 9.27. The zero-order chi connectivity index (χ0) is 19.7. The van der Waals surface area contributed by atoms with E-state index in [1.54, 1.807) is 13.1 Å². The quantitative estimate of drug-likeness (QED) is 0.620. The number of hydrogen-bond acceptors (Lipinski definition) is 5. The second-order valence-corrected chi connectivity index (χ2v) is 8.06. The Morgan fingerprint density at radius 3 is 2.78 bits per heavy atom. The average Bonchev–Trinajstić information content (AvgIpc) is 2.58. The fraction of sp³-hybridized carbons (Fsp3) is 0.278. The highest BCUT2D eigenvalue weighted by Gasteiger charge is 2.17. The van der Waals surface area contributed by atoms with E-state index in [4.69, 9.17) is 0 Å². The third-order valence-corrected chi connectivity index (χ3v) is 4.99. The second-order valence-electron chi connectivity index (χ2n) is 6.52. The molecule has 0 bridgehead atoms. The van der Waals surface area contributed by atoms with Gasteiger partial charge in [-0.25, -0.2) is 14.6 Å². The van der Waals surface area contributed by atoms with E-state index in [0.717, 1.165) is 26.4 Å². The molecule has 27 heavy (non-hydrogen) atoms. The molecule has 1 atom stereocenters. The molecule has 0 spiro atoms. The number of nitrogens with zero attached hydrogens (tertiary/aromatic N) is 4. The average molecular weight is 448 g/mol. The number of amides is 1. The number of halogens is 1. The lowest BCUT2D eigenvalue weighted by Crippen LogP contribution is -2.32. The summed E-state index contributed by atoms with van der Waals surface area (Å²) in [6.45, 7) is 5.61. The smallest absolute Gasteiger partial charge is 0.275 e. The fourth-order valence-corrected chi connectivity index (χ4v) is 3.98. The van der Waals surface area contributed by atoms with Crippen LogP contribution in [0.5, 0.6) is 0 Å². The van der Waals surface area contributed by atoms with Crippen LogP contribution in [0.1, 0.15) is 31.0 Å². The molecule has 1 amide bonds. The van der Waals surface area contributed by atoms with E-state index in [2.05, 4.69) is 45.6 Å². The molecule has 0 aliphatic rings. The van der Waals surface area contributed by atoms with Crippen LogP contribution < -0.4 is 16.2 Å². The Bertz CT molecular complexity index is 1100. The van der Waals surface area contributed by atoms with Crippen LogP contribution >= 0.6 is 25.2 Å². The van der Waals surface area contributed by atoms with Crippen molar-refractivity contribution in [3.05, 3.63) is 50.7 Å². The van der Waals surface area contributed by atoms with Crippen LogP contribution in [0.25, 0.3) is 10.8 Å². The summed E-state index contributed by atoms with van der Waals surface area (Å²) in [5.74, 6) is 0.136. The molecule has 2 aromatic heterocycles. The molecule has 3 aromatic rings. The van der Waals surface area contributed by atoms with Gasteiger partial charge >= 0.3 is 0 Å². The van der Waals surface area contributed by atoms with E-state index in [1.807, 2.05) is 26.0 Å². The third-order valence-electron chi connectivity index (χ3n) is 4.08. The number of carbonyl (C=O) groups is 1. The Morgan fingerprint density at radius 1 is 1.37 bits per heavy atom. The molecule has 1 aromatic carbocycles. The van der Waals surface area contributed by atoms with E-state index in [9.17, 15) is 9.59 Å². The summed E-state index contributed by atoms with van der Waals surface area (Å²) in [7, 11) is 2.58. The van der Waals surface area contributed by atoms with Gasteiger partial charge in [-0.15, -0.1) is 9.24 Å². The molecule has 140 valence electrons. The third kappa shape index (κ3) is 4.06. The van der Waals surface area contributed by atoms with E-state index in [1.165, 1.54) is 11.0 Å². The maximum Gasteiger partial charge on any atom is 0.275 e. The Labute approximate surface area is 166 Å². The highest BCUT2D eigenvalue weighted by molar-refractivity contribution is 9.10. The number of carbonyl (C=O) groups excluding carboxylic acids is 1. The minimum atomic E-state index is -0.372. The first-order valence-electron chi connectivity index (χ1n) is 8.34. The largest absolute Gasteiger partial charge is 0.309 e. The van der Waals surface area contributed by atoms with Gasteiger partial charge in [0, 0.05) is 21.6 Å². The molecule has 0 fully saturated rings. The number of anilines is 1. The van der Waals surface area contributed by atoms with E-state index < -0.39 is 0 Å². The summed E-state index contributed by atoms with van der Waals surface area (Å²) in [4.78, 5) is 33.4. The zero-order valence-corrected chi connectivity index (χ0v) is 17.9. The number of rotatable bonds is 4. The van der Waals surface area contributed by atoms with Crippen LogP contribution in [-0.2, 0) is 11.3 Å². The maximum atomic E-state index is 13.0. The van der Waals surface area contributed by atoms with Crippen LogP contribution in [-0.4, -0.2) is 25.7 Å². The van der Waals surface area contributed by atoms with Crippen molar-refractivity contribution in [3.8, 4) is 0 Å². The first-order chi connectivity index (χ1) is 12.8. The highest BCUT2D eigenvalue weighted by Crippen LogP contribution is 2.24. The lowest BCUT2D eigenvalue weighted by Gasteiger charge is -2.15. The lowest BCUT2D eigenvalue weighted by molar-refractivity contribution is -0.117. The first kappa shape index (κ1) is 19.6. The molecular weight excluding hydrogens is 429 g/mol. The molecule has 2 heterocycles. The van der Waals surface area contributed by atoms with E-state index >= 15 is 0 Å². The number of nitrogens with one attached hydrogen (secondary N) is 1. The van der Waals surface area contributed by atoms with Gasteiger partial charge in [0.1, 0.15) is 18.7 Å². The maximum absolute atomic E-state index is 13.0. The van der Waals surface area contributed by atoms with Gasteiger partial charge in [0.15, 0.2) is 0 Å². The molecule has 0 aliphatic heterocycles. The van der Waals surface area contributed by atoms with Gasteiger partial charge in [0.2, 0.25) is 5.91 Å². The van der Waals surface area contributed by atoms with Crippen molar-refractivity contribution in [2.45, 2.75) is 33.2 Å². The fourth-order valence-electron chi connectivity index (χ4n) is 2.80. The zero-order valence-electron chi connectivity index (χ0n) is 15.2. The number of hydrogen-bond donors (Lipinski definition) is 1. The van der Waals surface area contributed by atoms with Gasteiger partial charge in [-0.2, -0.15) is 5.10 Å². The molecule has 9 heteroatoms. The van der Waals surface area contributed by atoms with Crippen molar-refractivity contribution in [1.29, 1.82) is 0 Å². The minimum Gasteiger partial charge on any atom is -0.309 e. The van der Waals surface area contributed by atoms with Crippen molar-refractivity contribution < 1.29 is 4.79 Å². The molecule has 1 N–H and O–H groups in total. The highest BCUT2D eigenvalue weighted by atomic mass is 79.9. The van der Waals surface area contributed by atoms with Crippen LogP contribution in [0.15, 0.2) is 33.9 Å². The summed E-state index contributed by atoms with van der Waals surface area (Å²) in [6, 6.07) is 3.74. The molecule has 3 rings (SSSR count). The predicted molar refractivity (Wildman–Crippen MR) is 113 cm³/mol. The molecule has 0 saturated heterocycles. The number of aryl methyl sites for hydroxylation is 1. The van der Waals surface area contributed by atoms with Gasteiger partial charge in [-0.1, -0.05) is 29.8 Å². The predicted octanol–water partition coefficient (Wildman–Crippen LogP) is 2.52. The van der Waals surface area contributed by atoms with E-state index in [-0.39, 0.29) is 23.9 Å². The number of fused-ring (bicyclic) bond motifs is 1. The summed E-state index contributed by atoms with van der Waals surface area (Å²) in [5.41, 5.74) is 1.20. The van der Waals surface area contributed by atoms with Gasteiger partial charge in [-0.3, -0.25) is 9.59 Å². The minimum absolute atomic E-state index is 0.0882. The molecule has 0 saturated carbocycles. The normalized spacial score (nSPS) is 11.2. The van der Waals surface area contributed by atoms with Crippen LogP contribution in [0.2, 0.25) is 0 Å². The molecule has 0 aliphatic carbocycles. The lowest BCUT2D eigenvalue weighted by atomic mass is 10.0. The van der Waals surface area contributed by atoms with Crippen molar-refractivity contribution in [3.63, 3.8) is 0 Å². The first-order valence-corrected chi connectivity index (χ1v) is 9.71. The van der Waals surface area contributed by atoms with Gasteiger partial charge in [-0.05, 0) is 30.3 Å². The Morgan fingerprint density at radius 2 is 2.11 bits per heavy atom. The molecule has 0 radical (unpaired) electrons. The second kappa shape index (κ2) is 7.82. The van der Waals surface area contributed by atoms with Crippen LogP contribution in [0.4, 0.5) is 5.82 Å². The monoisotopic (exact) mass is 447 g/mol. The molecular formula is C18H19BrN5O2P. The van der Waals surface area contributed by atoms with Crippen LogP contribution in [0, 0.1) is 6.92 Å². The van der Waals surface area contributed by atoms with Gasteiger partial charge in [0.25, 0.3) is 5.56 Å². The van der Waals surface area contributed by atoms with Crippen LogP contribution in [0.3, 0.4) is 0 Å². The Balaban J connectivity index is 2.04.